The lowest BCUT2D eigenvalue weighted by molar-refractivity contribution is 1.19. The Morgan fingerprint density at radius 3 is 2.65 bits per heavy atom. The summed E-state index contributed by atoms with van der Waals surface area (Å²) in [5, 5.41) is 0.756. The van der Waals surface area contributed by atoms with Gasteiger partial charge in [-0.1, -0.05) is 50.4 Å². The molecule has 0 saturated heterocycles. The minimum Gasteiger partial charge on any atom is -0.144 e. The Bertz CT molecular complexity index is 502. The minimum absolute atomic E-state index is 0.211. The Morgan fingerprint density at radius 1 is 1.29 bits per heavy atom. The molecule has 0 spiro atoms. The first-order chi connectivity index (χ1) is 8.10. The molecule has 2 rings (SSSR count). The van der Waals surface area contributed by atoms with Gasteiger partial charge in [0.05, 0.1) is 4.83 Å². The average molecular weight is 395 g/mol. The van der Waals surface area contributed by atoms with Gasteiger partial charge in [0, 0.05) is 19.2 Å². The number of rotatable bonds is 3. The molecule has 0 aliphatic carbocycles. The lowest BCUT2D eigenvalue weighted by atomic mass is 10.1. The largest absolute Gasteiger partial charge is 0.144 e. The fourth-order valence-corrected chi connectivity index (χ4v) is 4.15. The van der Waals surface area contributed by atoms with Crippen LogP contribution in [0.1, 0.15) is 27.1 Å². The lowest BCUT2D eigenvalue weighted by Gasteiger charge is -2.09. The highest BCUT2D eigenvalue weighted by Crippen LogP contribution is 2.37. The normalized spacial score (nSPS) is 12.7. The fourth-order valence-electron chi connectivity index (χ4n) is 1.61. The predicted molar refractivity (Wildman–Crippen MR) is 83.6 cm³/mol. The summed E-state index contributed by atoms with van der Waals surface area (Å²) in [7, 11) is 0. The molecule has 0 N–H and O–H groups in total. The number of benzene rings is 1. The summed E-state index contributed by atoms with van der Waals surface area (Å²) in [6, 6.07) is 10.4. The Balaban J connectivity index is 2.32. The zero-order valence-electron chi connectivity index (χ0n) is 9.21. The monoisotopic (exact) mass is 392 g/mol. The van der Waals surface area contributed by atoms with Crippen molar-refractivity contribution in [3.63, 3.8) is 0 Å². The first kappa shape index (κ1) is 13.6. The van der Waals surface area contributed by atoms with Crippen LogP contribution < -0.4 is 0 Å². The summed E-state index contributed by atoms with van der Waals surface area (Å²) in [5.41, 5.74) is 1.17. The van der Waals surface area contributed by atoms with E-state index in [9.17, 15) is 0 Å². The van der Waals surface area contributed by atoms with E-state index in [4.69, 9.17) is 11.6 Å². The van der Waals surface area contributed by atoms with Crippen molar-refractivity contribution < 1.29 is 0 Å². The van der Waals surface area contributed by atoms with Crippen molar-refractivity contribution in [1.29, 1.82) is 0 Å². The third-order valence-corrected chi connectivity index (χ3v) is 5.75. The molecule has 1 aromatic heterocycles. The van der Waals surface area contributed by atoms with Crippen LogP contribution in [0.5, 0.6) is 0 Å². The van der Waals surface area contributed by atoms with E-state index in [-0.39, 0.29) is 4.83 Å². The Kier molecular flexibility index (Phi) is 4.70. The summed E-state index contributed by atoms with van der Waals surface area (Å²) in [4.78, 5) is 2.93. The molecule has 0 aliphatic heterocycles. The van der Waals surface area contributed by atoms with Crippen LogP contribution in [-0.2, 0) is 6.42 Å². The molecule has 0 amide bonds. The highest BCUT2D eigenvalue weighted by atomic mass is 79.9. The molecule has 0 nitrogen and oxygen atoms in total. The van der Waals surface area contributed by atoms with Gasteiger partial charge in [0.1, 0.15) is 0 Å². The topological polar surface area (TPSA) is 0 Å². The van der Waals surface area contributed by atoms with Crippen LogP contribution in [0.15, 0.2) is 34.8 Å². The van der Waals surface area contributed by atoms with Crippen molar-refractivity contribution in [2.75, 3.05) is 0 Å². The number of hydrogen-bond donors (Lipinski definition) is 0. The van der Waals surface area contributed by atoms with Gasteiger partial charge in [0.15, 0.2) is 0 Å². The molecule has 1 unspecified atom stereocenters. The van der Waals surface area contributed by atoms with Gasteiger partial charge in [0.25, 0.3) is 0 Å². The van der Waals surface area contributed by atoms with Crippen molar-refractivity contribution in [2.45, 2.75) is 18.2 Å². The van der Waals surface area contributed by atoms with Crippen molar-refractivity contribution in [3.05, 3.63) is 55.1 Å². The zero-order valence-corrected chi connectivity index (χ0v) is 14.0. The molecule has 0 aliphatic rings. The van der Waals surface area contributed by atoms with Crippen LogP contribution in [0.2, 0.25) is 5.02 Å². The summed E-state index contributed by atoms with van der Waals surface area (Å²) in [6.07, 6.45) is 1.09. The van der Waals surface area contributed by atoms with Gasteiger partial charge in [-0.25, -0.2) is 0 Å². The van der Waals surface area contributed by atoms with E-state index in [1.54, 1.807) is 0 Å². The summed E-state index contributed by atoms with van der Waals surface area (Å²) < 4.78 is 1.01. The fraction of sp³-hybridized carbons (Fsp3) is 0.231. The van der Waals surface area contributed by atoms with Gasteiger partial charge in [-0.05, 0) is 42.3 Å². The predicted octanol–water partition coefficient (Wildman–Crippen LogP) is 6.21. The van der Waals surface area contributed by atoms with E-state index in [0.717, 1.165) is 15.9 Å². The highest BCUT2D eigenvalue weighted by Gasteiger charge is 2.13. The van der Waals surface area contributed by atoms with Crippen LogP contribution in [0, 0.1) is 0 Å². The Hall–Kier alpha value is 0.170. The van der Waals surface area contributed by atoms with Crippen LogP contribution in [0.3, 0.4) is 0 Å². The molecule has 4 heteroatoms. The van der Waals surface area contributed by atoms with Crippen molar-refractivity contribution >= 4 is 54.8 Å². The number of hydrogen-bond acceptors (Lipinski definition) is 1. The third kappa shape index (κ3) is 3.34. The molecule has 1 atom stereocenters. The van der Waals surface area contributed by atoms with Gasteiger partial charge in [-0.3, -0.25) is 0 Å². The SMILES string of the molecule is CCc1ccc(C(Br)c2cc(Cl)cc(Br)c2)s1. The second-order valence-corrected chi connectivity index (χ2v) is 7.19. The standard InChI is InChI=1S/C13H11Br2ClS/c1-2-11-3-4-12(17-11)13(15)8-5-9(14)7-10(16)6-8/h3-7,13H,2H2,1H3. The van der Waals surface area contributed by atoms with Crippen LogP contribution in [0.4, 0.5) is 0 Å². The second kappa shape index (κ2) is 5.87. The molecule has 90 valence electrons. The highest BCUT2D eigenvalue weighted by molar-refractivity contribution is 9.10. The maximum absolute atomic E-state index is 6.07. The van der Waals surface area contributed by atoms with E-state index >= 15 is 0 Å². The van der Waals surface area contributed by atoms with Gasteiger partial charge in [-0.15, -0.1) is 11.3 Å². The number of alkyl halides is 1. The Morgan fingerprint density at radius 2 is 2.06 bits per heavy atom. The summed E-state index contributed by atoms with van der Waals surface area (Å²) in [6.45, 7) is 2.18. The van der Waals surface area contributed by atoms with Crippen molar-refractivity contribution in [2.24, 2.45) is 0 Å². The summed E-state index contributed by atoms with van der Waals surface area (Å²) in [5.74, 6) is 0. The van der Waals surface area contributed by atoms with E-state index < -0.39 is 0 Å². The molecular weight excluding hydrogens is 383 g/mol. The second-order valence-electron chi connectivity index (χ2n) is 3.72. The van der Waals surface area contributed by atoms with Crippen molar-refractivity contribution in [3.8, 4) is 0 Å². The maximum Gasteiger partial charge on any atom is 0.0739 e. The van der Waals surface area contributed by atoms with E-state index in [0.29, 0.717) is 0 Å². The molecule has 0 saturated carbocycles. The quantitative estimate of drug-likeness (QED) is 0.543. The van der Waals surface area contributed by atoms with Gasteiger partial charge in [0.2, 0.25) is 0 Å². The van der Waals surface area contributed by atoms with Gasteiger partial charge in [-0.2, -0.15) is 0 Å². The van der Waals surface area contributed by atoms with Crippen LogP contribution in [0.25, 0.3) is 0 Å². The molecule has 1 heterocycles. The molecule has 2 aromatic rings. The molecule has 0 fully saturated rings. The van der Waals surface area contributed by atoms with Gasteiger partial charge < -0.3 is 0 Å². The maximum atomic E-state index is 6.07. The Labute approximate surface area is 127 Å². The minimum atomic E-state index is 0.211. The van der Waals surface area contributed by atoms with Crippen LogP contribution >= 0.6 is 54.8 Å². The van der Waals surface area contributed by atoms with Gasteiger partial charge >= 0.3 is 0 Å². The molecule has 17 heavy (non-hydrogen) atoms. The number of thiophene rings is 1. The third-order valence-electron chi connectivity index (χ3n) is 2.46. The van der Waals surface area contributed by atoms with E-state index in [2.05, 4.69) is 57.0 Å². The van der Waals surface area contributed by atoms with E-state index in [1.807, 2.05) is 23.5 Å². The first-order valence-corrected chi connectivity index (χ1v) is 8.19. The van der Waals surface area contributed by atoms with Crippen molar-refractivity contribution in [1.82, 2.24) is 0 Å². The molecule has 0 radical (unpaired) electrons. The summed E-state index contributed by atoms with van der Waals surface area (Å²) >= 11 is 15.1. The van der Waals surface area contributed by atoms with E-state index in [1.165, 1.54) is 15.3 Å². The number of halogens is 3. The number of aryl methyl sites for hydroxylation is 1. The molecular formula is C13H11Br2ClS. The molecule has 1 aromatic carbocycles. The average Bonchev–Trinajstić information content (AvgIpc) is 2.75. The smallest absolute Gasteiger partial charge is 0.0739 e. The lowest BCUT2D eigenvalue weighted by Crippen LogP contribution is -1.89. The van der Waals surface area contributed by atoms with Crippen LogP contribution in [-0.4, -0.2) is 0 Å². The molecule has 0 bridgehead atoms. The first-order valence-electron chi connectivity index (χ1n) is 5.29. The zero-order chi connectivity index (χ0) is 12.4.